The third-order valence-corrected chi connectivity index (χ3v) is 5.63. The molecule has 27 heavy (non-hydrogen) atoms. The van der Waals surface area contributed by atoms with Crippen molar-refractivity contribution in [2.75, 3.05) is 31.1 Å². The van der Waals surface area contributed by atoms with Gasteiger partial charge in [-0.05, 0) is 50.4 Å². The summed E-state index contributed by atoms with van der Waals surface area (Å²) in [6.07, 6.45) is 4.19. The summed E-state index contributed by atoms with van der Waals surface area (Å²) in [7, 11) is 0. The van der Waals surface area contributed by atoms with E-state index in [1.807, 2.05) is 23.1 Å². The molecule has 0 saturated carbocycles. The molecular weight excluding hydrogens is 362 g/mol. The highest BCUT2D eigenvalue weighted by atomic mass is 35.5. The first-order chi connectivity index (χ1) is 12.7. The molecule has 2 amide bonds. The minimum atomic E-state index is -0.214. The van der Waals surface area contributed by atoms with Crippen molar-refractivity contribution in [1.29, 1.82) is 0 Å². The highest BCUT2D eigenvalue weighted by molar-refractivity contribution is 6.00. The smallest absolute Gasteiger partial charge is 0.228 e. The zero-order chi connectivity index (χ0) is 18.5. The van der Waals surface area contributed by atoms with E-state index in [0.29, 0.717) is 19.0 Å². The zero-order valence-electron chi connectivity index (χ0n) is 16.4. The fourth-order valence-electron chi connectivity index (χ4n) is 4.25. The highest BCUT2D eigenvalue weighted by Gasteiger charge is 2.39. The van der Waals surface area contributed by atoms with Crippen molar-refractivity contribution < 1.29 is 9.59 Å². The van der Waals surface area contributed by atoms with E-state index >= 15 is 0 Å². The maximum absolute atomic E-state index is 13.2. The summed E-state index contributed by atoms with van der Waals surface area (Å²) < 4.78 is 0. The molecule has 1 aromatic rings. The van der Waals surface area contributed by atoms with Crippen LogP contribution < -0.4 is 10.2 Å². The Morgan fingerprint density at radius 3 is 2.59 bits per heavy atom. The van der Waals surface area contributed by atoms with Gasteiger partial charge in [-0.2, -0.15) is 0 Å². The van der Waals surface area contributed by atoms with Crippen LogP contribution in [0, 0.1) is 5.92 Å². The number of benzene rings is 1. The number of halogens is 1. The fourth-order valence-corrected chi connectivity index (χ4v) is 4.25. The molecule has 1 atom stereocenters. The van der Waals surface area contributed by atoms with Gasteiger partial charge in [-0.1, -0.05) is 32.0 Å². The lowest BCUT2D eigenvalue weighted by atomic mass is 10.0. The van der Waals surface area contributed by atoms with Gasteiger partial charge < -0.3 is 15.1 Å². The third-order valence-electron chi connectivity index (χ3n) is 5.63. The Morgan fingerprint density at radius 1 is 1.22 bits per heavy atom. The number of aryl methyl sites for hydroxylation is 1. The number of anilines is 1. The molecule has 150 valence electrons. The molecule has 2 heterocycles. The molecule has 0 aromatic heterocycles. The Bertz CT molecular complexity index is 646. The molecule has 2 aliphatic heterocycles. The average Bonchev–Trinajstić information content (AvgIpc) is 3.07. The van der Waals surface area contributed by atoms with E-state index in [9.17, 15) is 9.59 Å². The van der Waals surface area contributed by atoms with Gasteiger partial charge in [-0.3, -0.25) is 9.59 Å². The summed E-state index contributed by atoms with van der Waals surface area (Å²) >= 11 is 0. The number of hydrogen-bond donors (Lipinski definition) is 1. The van der Waals surface area contributed by atoms with Crippen LogP contribution in [0.25, 0.3) is 0 Å². The van der Waals surface area contributed by atoms with Crippen LogP contribution in [0.3, 0.4) is 0 Å². The molecule has 1 aromatic carbocycles. The fraction of sp³-hybridized carbons (Fsp3) is 0.619. The van der Waals surface area contributed by atoms with E-state index in [1.165, 1.54) is 0 Å². The largest absolute Gasteiger partial charge is 0.339 e. The molecule has 0 radical (unpaired) electrons. The van der Waals surface area contributed by atoms with Crippen molar-refractivity contribution in [3.63, 3.8) is 0 Å². The molecule has 1 unspecified atom stereocenters. The Labute approximate surface area is 168 Å². The van der Waals surface area contributed by atoms with Crippen LogP contribution in [0.15, 0.2) is 24.3 Å². The number of rotatable bonds is 6. The lowest BCUT2D eigenvalue weighted by molar-refractivity contribution is -0.138. The van der Waals surface area contributed by atoms with E-state index in [4.69, 9.17) is 0 Å². The van der Waals surface area contributed by atoms with E-state index in [2.05, 4.69) is 30.1 Å². The SMILES string of the molecule is CCCN(C(=O)C1CC(=O)N(c2ccccc2CC)C1)C1CCNCC1.Cl. The van der Waals surface area contributed by atoms with Gasteiger partial charge in [0.2, 0.25) is 11.8 Å². The van der Waals surface area contributed by atoms with Gasteiger partial charge in [-0.25, -0.2) is 0 Å². The lowest BCUT2D eigenvalue weighted by Crippen LogP contribution is -2.48. The summed E-state index contributed by atoms with van der Waals surface area (Å²) in [6, 6.07) is 8.35. The van der Waals surface area contributed by atoms with Gasteiger partial charge >= 0.3 is 0 Å². The Morgan fingerprint density at radius 2 is 1.93 bits per heavy atom. The summed E-state index contributed by atoms with van der Waals surface area (Å²) in [4.78, 5) is 29.8. The number of nitrogens with zero attached hydrogens (tertiary/aromatic N) is 2. The second kappa shape index (κ2) is 10.1. The van der Waals surface area contributed by atoms with Crippen molar-refractivity contribution in [2.24, 2.45) is 5.92 Å². The van der Waals surface area contributed by atoms with Crippen LogP contribution in [0.4, 0.5) is 5.69 Å². The molecule has 0 aliphatic carbocycles. The first-order valence-corrected chi connectivity index (χ1v) is 10.0. The first kappa shape index (κ1) is 21.7. The van der Waals surface area contributed by atoms with Crippen LogP contribution in [0.1, 0.15) is 45.1 Å². The van der Waals surface area contributed by atoms with E-state index in [0.717, 1.165) is 56.6 Å². The molecule has 3 rings (SSSR count). The number of nitrogens with one attached hydrogen (secondary N) is 1. The Hall–Kier alpha value is -1.59. The maximum Gasteiger partial charge on any atom is 0.228 e. The number of para-hydroxylation sites is 1. The van der Waals surface area contributed by atoms with Crippen LogP contribution in [-0.2, 0) is 16.0 Å². The van der Waals surface area contributed by atoms with Crippen molar-refractivity contribution in [1.82, 2.24) is 10.2 Å². The van der Waals surface area contributed by atoms with Gasteiger partial charge in [0.15, 0.2) is 0 Å². The molecule has 6 heteroatoms. The second-order valence-electron chi connectivity index (χ2n) is 7.40. The predicted molar refractivity (Wildman–Crippen MR) is 111 cm³/mol. The monoisotopic (exact) mass is 393 g/mol. The van der Waals surface area contributed by atoms with Crippen LogP contribution >= 0.6 is 12.4 Å². The number of hydrogen-bond acceptors (Lipinski definition) is 3. The van der Waals surface area contributed by atoms with Gasteiger partial charge in [0.1, 0.15) is 0 Å². The van der Waals surface area contributed by atoms with Crippen molar-refractivity contribution in [2.45, 2.75) is 52.0 Å². The predicted octanol–water partition coefficient (Wildman–Crippen LogP) is 3.01. The molecule has 1 N–H and O–H groups in total. The first-order valence-electron chi connectivity index (χ1n) is 10.0. The molecule has 2 saturated heterocycles. The number of carbonyl (C=O) groups excluding carboxylic acids is 2. The Balaban J connectivity index is 0.00000261. The summed E-state index contributed by atoms with van der Waals surface area (Å²) in [5.41, 5.74) is 2.14. The van der Waals surface area contributed by atoms with Crippen molar-refractivity contribution >= 4 is 29.9 Å². The van der Waals surface area contributed by atoms with Crippen LogP contribution in [0.2, 0.25) is 0 Å². The van der Waals surface area contributed by atoms with Crippen LogP contribution in [0.5, 0.6) is 0 Å². The van der Waals surface area contributed by atoms with Crippen molar-refractivity contribution in [3.05, 3.63) is 29.8 Å². The van der Waals surface area contributed by atoms with Gasteiger partial charge in [0, 0.05) is 31.2 Å². The normalized spacial score (nSPS) is 20.4. The van der Waals surface area contributed by atoms with Crippen molar-refractivity contribution in [3.8, 4) is 0 Å². The summed E-state index contributed by atoms with van der Waals surface area (Å²) in [6.45, 7) is 7.46. The average molecular weight is 394 g/mol. The minimum absolute atomic E-state index is 0. The second-order valence-corrected chi connectivity index (χ2v) is 7.40. The van der Waals surface area contributed by atoms with Crippen LogP contribution in [-0.4, -0.2) is 48.9 Å². The van der Waals surface area contributed by atoms with E-state index in [-0.39, 0.29) is 30.1 Å². The van der Waals surface area contributed by atoms with Gasteiger partial charge in [-0.15, -0.1) is 12.4 Å². The minimum Gasteiger partial charge on any atom is -0.339 e. The topological polar surface area (TPSA) is 52.7 Å². The summed E-state index contributed by atoms with van der Waals surface area (Å²) in [5, 5.41) is 3.37. The third kappa shape index (κ3) is 4.82. The van der Waals surface area contributed by atoms with Gasteiger partial charge in [0.05, 0.1) is 5.92 Å². The standard InChI is InChI=1S/C21H31N3O2.ClH/c1-3-13-23(18-9-11-22-12-10-18)21(26)17-14-20(25)24(15-17)19-8-6-5-7-16(19)4-2;/h5-8,17-18,22H,3-4,9-15H2,1-2H3;1H. The lowest BCUT2D eigenvalue weighted by Gasteiger charge is -2.36. The molecule has 0 spiro atoms. The van der Waals surface area contributed by atoms with Gasteiger partial charge in [0.25, 0.3) is 0 Å². The molecule has 2 fully saturated rings. The van der Waals surface area contributed by atoms with E-state index in [1.54, 1.807) is 0 Å². The zero-order valence-corrected chi connectivity index (χ0v) is 17.3. The molecule has 0 bridgehead atoms. The summed E-state index contributed by atoms with van der Waals surface area (Å²) in [5.74, 6) is 0.0310. The number of piperidine rings is 1. The van der Waals surface area contributed by atoms with E-state index < -0.39 is 0 Å². The highest BCUT2D eigenvalue weighted by Crippen LogP contribution is 2.30. The number of carbonyl (C=O) groups is 2. The number of amides is 2. The maximum atomic E-state index is 13.2. The molecular formula is C21H32ClN3O2. The Kier molecular flexibility index (Phi) is 8.11. The molecule has 2 aliphatic rings. The quantitative estimate of drug-likeness (QED) is 0.808. The molecule has 5 nitrogen and oxygen atoms in total.